The highest BCUT2D eigenvalue weighted by atomic mass is 16.5. The number of rotatable bonds is 7. The van der Waals surface area contributed by atoms with Gasteiger partial charge in [-0.3, -0.25) is 0 Å². The maximum Gasteiger partial charge on any atom is 0.203 e. The third kappa shape index (κ3) is 3.95. The van der Waals surface area contributed by atoms with Crippen molar-refractivity contribution in [3.63, 3.8) is 0 Å². The van der Waals surface area contributed by atoms with Gasteiger partial charge in [0.2, 0.25) is 5.75 Å². The lowest BCUT2D eigenvalue weighted by atomic mass is 10.2. The zero-order chi connectivity index (χ0) is 13.5. The second-order valence-electron chi connectivity index (χ2n) is 4.15. The topological polar surface area (TPSA) is 44.8 Å². The van der Waals surface area contributed by atoms with Crippen molar-refractivity contribution in [3.05, 3.63) is 17.7 Å². The molecule has 0 aromatic heterocycles. The third-order valence-corrected chi connectivity index (χ3v) is 2.52. The molecule has 4 heteroatoms. The number of hydrogen-bond acceptors (Lipinski definition) is 4. The molecule has 0 aliphatic carbocycles. The molecule has 0 heterocycles. The number of Topliss-reactive ketones (excluding diaryl/α,β-unsaturated/α-hetero) is 1. The largest absolute Gasteiger partial charge is 0.493 e. The molecule has 0 amide bonds. The second-order valence-corrected chi connectivity index (χ2v) is 4.15. The van der Waals surface area contributed by atoms with Crippen LogP contribution in [-0.4, -0.2) is 26.6 Å². The van der Waals surface area contributed by atoms with Gasteiger partial charge in [0.25, 0.3) is 0 Å². The number of aryl methyl sites for hydroxylation is 1. The van der Waals surface area contributed by atoms with E-state index in [1.54, 1.807) is 21.1 Å². The van der Waals surface area contributed by atoms with Gasteiger partial charge in [0.15, 0.2) is 11.5 Å². The Hall–Kier alpha value is -1.71. The maximum atomic E-state index is 10.8. The molecule has 1 rings (SSSR count). The Kier molecular flexibility index (Phi) is 5.49. The Morgan fingerprint density at radius 2 is 1.72 bits per heavy atom. The van der Waals surface area contributed by atoms with Crippen LogP contribution in [0.2, 0.25) is 0 Å². The van der Waals surface area contributed by atoms with E-state index in [-0.39, 0.29) is 5.78 Å². The summed E-state index contributed by atoms with van der Waals surface area (Å²) in [6, 6.07) is 3.78. The molecule has 0 aliphatic rings. The average Bonchev–Trinajstić information content (AvgIpc) is 2.34. The zero-order valence-electron chi connectivity index (χ0n) is 11.4. The number of ketones is 1. The average molecular weight is 252 g/mol. The van der Waals surface area contributed by atoms with Gasteiger partial charge in [-0.15, -0.1) is 0 Å². The van der Waals surface area contributed by atoms with Gasteiger partial charge in [0, 0.05) is 6.42 Å². The molecule has 0 aliphatic heterocycles. The van der Waals surface area contributed by atoms with Crippen molar-refractivity contribution in [2.24, 2.45) is 0 Å². The van der Waals surface area contributed by atoms with Gasteiger partial charge >= 0.3 is 0 Å². The predicted octanol–water partition coefficient (Wildman–Crippen LogP) is 2.76. The molecule has 1 aromatic rings. The van der Waals surface area contributed by atoms with Crippen LogP contribution in [0.4, 0.5) is 0 Å². The number of hydrogen-bond donors (Lipinski definition) is 0. The zero-order valence-corrected chi connectivity index (χ0v) is 11.4. The van der Waals surface area contributed by atoms with Gasteiger partial charge < -0.3 is 19.0 Å². The Morgan fingerprint density at radius 3 is 2.17 bits per heavy atom. The minimum Gasteiger partial charge on any atom is -0.493 e. The number of carbonyl (C=O) groups excluding carboxylic acids is 1. The summed E-state index contributed by atoms with van der Waals surface area (Å²) in [6.07, 6.45) is 1.21. The van der Waals surface area contributed by atoms with E-state index in [4.69, 9.17) is 14.2 Å². The molecule has 0 spiro atoms. The van der Waals surface area contributed by atoms with E-state index in [0.717, 1.165) is 5.56 Å². The number of methoxy groups -OCH3 is 2. The van der Waals surface area contributed by atoms with Crippen molar-refractivity contribution in [1.29, 1.82) is 0 Å². The Labute approximate surface area is 108 Å². The number of benzene rings is 1. The summed E-state index contributed by atoms with van der Waals surface area (Å²) in [4.78, 5) is 10.8. The van der Waals surface area contributed by atoms with E-state index in [1.807, 2.05) is 19.1 Å². The van der Waals surface area contributed by atoms with Crippen molar-refractivity contribution < 1.29 is 19.0 Å². The summed E-state index contributed by atoms with van der Waals surface area (Å²) in [5.74, 6) is 2.06. The fourth-order valence-electron chi connectivity index (χ4n) is 1.65. The van der Waals surface area contributed by atoms with E-state index in [1.165, 1.54) is 0 Å². The van der Waals surface area contributed by atoms with Crippen molar-refractivity contribution in [3.8, 4) is 17.2 Å². The first-order valence-electron chi connectivity index (χ1n) is 5.93. The molecule has 0 saturated carbocycles. The number of ether oxygens (including phenoxy) is 3. The van der Waals surface area contributed by atoms with Crippen LogP contribution >= 0.6 is 0 Å². The van der Waals surface area contributed by atoms with Gasteiger partial charge in [-0.1, -0.05) is 0 Å². The summed E-state index contributed by atoms with van der Waals surface area (Å²) >= 11 is 0. The molecular weight excluding hydrogens is 232 g/mol. The van der Waals surface area contributed by atoms with Gasteiger partial charge in [0.05, 0.1) is 20.8 Å². The van der Waals surface area contributed by atoms with E-state index < -0.39 is 0 Å². The van der Waals surface area contributed by atoms with Crippen LogP contribution in [0.3, 0.4) is 0 Å². The van der Waals surface area contributed by atoms with Crippen molar-refractivity contribution in [2.75, 3.05) is 20.8 Å². The SMILES string of the molecule is COc1cc(C)cc(OC)c1OCCCC(C)=O. The van der Waals surface area contributed by atoms with Crippen molar-refractivity contribution in [2.45, 2.75) is 26.7 Å². The fourth-order valence-corrected chi connectivity index (χ4v) is 1.65. The molecule has 0 radical (unpaired) electrons. The molecule has 0 N–H and O–H groups in total. The molecule has 0 atom stereocenters. The van der Waals surface area contributed by atoms with Gasteiger partial charge in [0.1, 0.15) is 5.78 Å². The maximum absolute atomic E-state index is 10.8. The predicted molar refractivity (Wildman–Crippen MR) is 69.7 cm³/mol. The molecule has 18 heavy (non-hydrogen) atoms. The van der Waals surface area contributed by atoms with Crippen LogP contribution in [0.5, 0.6) is 17.2 Å². The highest BCUT2D eigenvalue weighted by molar-refractivity contribution is 5.75. The summed E-state index contributed by atoms with van der Waals surface area (Å²) in [6.45, 7) is 4.01. The van der Waals surface area contributed by atoms with E-state index in [2.05, 4.69) is 0 Å². The molecule has 4 nitrogen and oxygen atoms in total. The molecule has 100 valence electrons. The summed E-state index contributed by atoms with van der Waals surface area (Å²) in [5, 5.41) is 0. The quantitative estimate of drug-likeness (QED) is 0.700. The summed E-state index contributed by atoms with van der Waals surface area (Å²) < 4.78 is 16.2. The van der Waals surface area contributed by atoms with Crippen molar-refractivity contribution >= 4 is 5.78 Å². The highest BCUT2D eigenvalue weighted by Crippen LogP contribution is 2.38. The lowest BCUT2D eigenvalue weighted by Gasteiger charge is -2.15. The minimum atomic E-state index is 0.168. The van der Waals surface area contributed by atoms with Crippen LogP contribution in [0.1, 0.15) is 25.3 Å². The molecule has 1 aromatic carbocycles. The van der Waals surface area contributed by atoms with Gasteiger partial charge in [-0.2, -0.15) is 0 Å². The molecule has 0 saturated heterocycles. The lowest BCUT2D eigenvalue weighted by molar-refractivity contribution is -0.117. The smallest absolute Gasteiger partial charge is 0.203 e. The standard InChI is InChI=1S/C14H20O4/c1-10-8-12(16-3)14(13(9-10)17-4)18-7-5-6-11(2)15/h8-9H,5-7H2,1-4H3. The fraction of sp³-hybridized carbons (Fsp3) is 0.500. The Balaban J connectivity index is 2.76. The van der Waals surface area contributed by atoms with Crippen molar-refractivity contribution in [1.82, 2.24) is 0 Å². The monoisotopic (exact) mass is 252 g/mol. The van der Waals surface area contributed by atoms with Crippen LogP contribution in [0.15, 0.2) is 12.1 Å². The van der Waals surface area contributed by atoms with Crippen LogP contribution in [-0.2, 0) is 4.79 Å². The molecule has 0 bridgehead atoms. The molecule has 0 fully saturated rings. The lowest BCUT2D eigenvalue weighted by Crippen LogP contribution is -2.03. The third-order valence-electron chi connectivity index (χ3n) is 2.52. The first kappa shape index (κ1) is 14.4. The Bertz CT molecular complexity index is 387. The molecular formula is C14H20O4. The van der Waals surface area contributed by atoms with Crippen LogP contribution < -0.4 is 14.2 Å². The second kappa shape index (κ2) is 6.89. The van der Waals surface area contributed by atoms with Gasteiger partial charge in [-0.25, -0.2) is 0 Å². The van der Waals surface area contributed by atoms with E-state index >= 15 is 0 Å². The van der Waals surface area contributed by atoms with E-state index in [0.29, 0.717) is 36.7 Å². The van der Waals surface area contributed by atoms with Gasteiger partial charge in [-0.05, 0) is 38.0 Å². The number of carbonyl (C=O) groups is 1. The highest BCUT2D eigenvalue weighted by Gasteiger charge is 2.12. The van der Waals surface area contributed by atoms with Crippen LogP contribution in [0, 0.1) is 6.92 Å². The molecule has 0 unspecified atom stereocenters. The minimum absolute atomic E-state index is 0.168. The van der Waals surface area contributed by atoms with Crippen LogP contribution in [0.25, 0.3) is 0 Å². The first-order chi connectivity index (χ1) is 8.58. The first-order valence-corrected chi connectivity index (χ1v) is 5.93. The summed E-state index contributed by atoms with van der Waals surface area (Å²) in [5.41, 5.74) is 1.04. The Morgan fingerprint density at radius 1 is 1.17 bits per heavy atom. The van der Waals surface area contributed by atoms with E-state index in [9.17, 15) is 4.79 Å². The summed E-state index contributed by atoms with van der Waals surface area (Å²) in [7, 11) is 3.19. The normalized spacial score (nSPS) is 10.0.